The first-order chi connectivity index (χ1) is 10.2. The van der Waals surface area contributed by atoms with Crippen molar-refractivity contribution in [3.05, 3.63) is 34.6 Å². The number of carbonyl (C=O) groups is 1. The van der Waals surface area contributed by atoms with E-state index in [1.807, 2.05) is 26.1 Å². The highest BCUT2D eigenvalue weighted by Gasteiger charge is 2.31. The Labute approximate surface area is 128 Å². The molecule has 1 aliphatic rings. The number of aromatic nitrogens is 2. The minimum atomic E-state index is -0.194. The summed E-state index contributed by atoms with van der Waals surface area (Å²) >= 11 is 1.70. The number of nitrogens with zero attached hydrogens (tertiary/aromatic N) is 2. The molecule has 2 aromatic heterocycles. The van der Waals surface area contributed by atoms with Gasteiger partial charge in [0.05, 0.1) is 12.3 Å². The fourth-order valence-electron chi connectivity index (χ4n) is 2.72. The van der Waals surface area contributed by atoms with Crippen LogP contribution in [0.3, 0.4) is 0 Å². The van der Waals surface area contributed by atoms with E-state index in [0.29, 0.717) is 6.61 Å². The monoisotopic (exact) mass is 302 g/mol. The quantitative estimate of drug-likeness (QED) is 0.814. The van der Waals surface area contributed by atoms with E-state index in [-0.39, 0.29) is 11.9 Å². The highest BCUT2D eigenvalue weighted by Crippen LogP contribution is 2.39. The summed E-state index contributed by atoms with van der Waals surface area (Å²) in [6.07, 6.45) is 6.49. The van der Waals surface area contributed by atoms with Crippen molar-refractivity contribution in [3.63, 3.8) is 0 Å². The number of hydrogen-bond acceptors (Lipinski definition) is 5. The van der Waals surface area contributed by atoms with E-state index < -0.39 is 0 Å². The Morgan fingerprint density at radius 1 is 1.52 bits per heavy atom. The van der Waals surface area contributed by atoms with Gasteiger partial charge in [-0.1, -0.05) is 0 Å². The topological polar surface area (TPSA) is 52.1 Å². The maximum absolute atomic E-state index is 12.1. The smallest absolute Gasteiger partial charge is 0.315 e. The first-order valence-electron chi connectivity index (χ1n) is 7.28. The van der Waals surface area contributed by atoms with Crippen LogP contribution in [0.5, 0.6) is 0 Å². The molecule has 0 amide bonds. The van der Waals surface area contributed by atoms with Gasteiger partial charge < -0.3 is 4.74 Å². The predicted octanol–water partition coefficient (Wildman–Crippen LogP) is 3.50. The van der Waals surface area contributed by atoms with Crippen molar-refractivity contribution in [1.82, 2.24) is 9.97 Å². The molecule has 4 nitrogen and oxygen atoms in total. The normalized spacial score (nSPS) is 17.3. The average Bonchev–Trinajstić information content (AvgIpc) is 2.91. The third-order valence-corrected chi connectivity index (χ3v) is 4.94. The lowest BCUT2D eigenvalue weighted by molar-refractivity contribution is -0.145. The van der Waals surface area contributed by atoms with E-state index in [1.54, 1.807) is 17.5 Å². The van der Waals surface area contributed by atoms with Crippen LogP contribution in [0, 0.1) is 6.92 Å². The highest BCUT2D eigenvalue weighted by molar-refractivity contribution is 7.15. The Balaban J connectivity index is 1.98. The Bertz CT molecular complexity index is 666. The van der Waals surface area contributed by atoms with Crippen LogP contribution in [0.1, 0.15) is 41.8 Å². The zero-order valence-electron chi connectivity index (χ0n) is 12.3. The lowest BCUT2D eigenvalue weighted by Crippen LogP contribution is -2.20. The zero-order valence-corrected chi connectivity index (χ0v) is 13.1. The number of esters is 1. The first-order valence-corrected chi connectivity index (χ1v) is 8.09. The number of pyridine rings is 1. The van der Waals surface area contributed by atoms with E-state index in [2.05, 4.69) is 4.98 Å². The second kappa shape index (κ2) is 5.93. The number of rotatable bonds is 3. The summed E-state index contributed by atoms with van der Waals surface area (Å²) < 4.78 is 5.19. The predicted molar refractivity (Wildman–Crippen MR) is 82.4 cm³/mol. The van der Waals surface area contributed by atoms with Gasteiger partial charge in [0.2, 0.25) is 0 Å². The summed E-state index contributed by atoms with van der Waals surface area (Å²) in [5.41, 5.74) is 3.14. The van der Waals surface area contributed by atoms with Crippen molar-refractivity contribution < 1.29 is 9.53 Å². The van der Waals surface area contributed by atoms with Crippen molar-refractivity contribution in [1.29, 1.82) is 0 Å². The standard InChI is InChI=1S/C16H18N2O2S/c1-3-20-16(19)12-5-4-6-13-14(12)18-15(21-13)11-7-8-17-9-10(11)2/h7-9,12H,3-6H2,1-2H3. The van der Waals surface area contributed by atoms with Crippen molar-refractivity contribution >= 4 is 17.3 Å². The van der Waals surface area contributed by atoms with Crippen LogP contribution in [0.15, 0.2) is 18.5 Å². The fraction of sp³-hybridized carbons (Fsp3) is 0.438. The minimum Gasteiger partial charge on any atom is -0.465 e. The Kier molecular flexibility index (Phi) is 4.01. The third kappa shape index (κ3) is 2.70. The van der Waals surface area contributed by atoms with Gasteiger partial charge in [0.15, 0.2) is 0 Å². The van der Waals surface area contributed by atoms with E-state index in [0.717, 1.165) is 41.1 Å². The lowest BCUT2D eigenvalue weighted by Gasteiger charge is -2.19. The van der Waals surface area contributed by atoms with Gasteiger partial charge in [-0.05, 0) is 44.7 Å². The number of carbonyl (C=O) groups excluding carboxylic acids is 1. The van der Waals surface area contributed by atoms with Gasteiger partial charge in [-0.2, -0.15) is 0 Å². The van der Waals surface area contributed by atoms with E-state index in [4.69, 9.17) is 9.72 Å². The summed E-state index contributed by atoms with van der Waals surface area (Å²) in [6, 6.07) is 1.99. The largest absolute Gasteiger partial charge is 0.465 e. The number of fused-ring (bicyclic) bond motifs is 1. The molecular formula is C16H18N2O2S. The van der Waals surface area contributed by atoms with Crippen LogP contribution in [0.4, 0.5) is 0 Å². The summed E-state index contributed by atoms with van der Waals surface area (Å²) in [6.45, 7) is 4.30. The van der Waals surface area contributed by atoms with Crippen LogP contribution < -0.4 is 0 Å². The van der Waals surface area contributed by atoms with Gasteiger partial charge in [-0.25, -0.2) is 4.98 Å². The molecule has 0 N–H and O–H groups in total. The third-order valence-electron chi connectivity index (χ3n) is 3.78. The molecule has 3 rings (SSSR count). The summed E-state index contributed by atoms with van der Waals surface area (Å²) in [5, 5.41) is 0.982. The SMILES string of the molecule is CCOC(=O)C1CCCc2sc(-c3ccncc3C)nc21. The van der Waals surface area contributed by atoms with Gasteiger partial charge in [0.25, 0.3) is 0 Å². The van der Waals surface area contributed by atoms with Crippen LogP contribution >= 0.6 is 11.3 Å². The Morgan fingerprint density at radius 3 is 3.14 bits per heavy atom. The molecule has 2 aromatic rings. The molecule has 2 heterocycles. The molecule has 0 saturated heterocycles. The fourth-order valence-corrected chi connectivity index (χ4v) is 3.97. The number of thiazole rings is 1. The van der Waals surface area contributed by atoms with E-state index >= 15 is 0 Å². The summed E-state index contributed by atoms with van der Waals surface area (Å²) in [7, 11) is 0. The molecule has 110 valence electrons. The zero-order chi connectivity index (χ0) is 14.8. The molecule has 0 spiro atoms. The maximum Gasteiger partial charge on any atom is 0.315 e. The van der Waals surface area contributed by atoms with Gasteiger partial charge in [0.1, 0.15) is 10.9 Å². The Hall–Kier alpha value is -1.75. The molecule has 0 radical (unpaired) electrons. The molecule has 1 unspecified atom stereocenters. The number of hydrogen-bond donors (Lipinski definition) is 0. The van der Waals surface area contributed by atoms with Crippen molar-refractivity contribution in [3.8, 4) is 10.6 Å². The van der Waals surface area contributed by atoms with Crippen LogP contribution in [-0.2, 0) is 16.0 Å². The highest BCUT2D eigenvalue weighted by atomic mass is 32.1. The molecule has 5 heteroatoms. The van der Waals surface area contributed by atoms with Crippen molar-refractivity contribution in [2.45, 2.75) is 39.0 Å². The molecule has 21 heavy (non-hydrogen) atoms. The molecule has 0 aliphatic heterocycles. The van der Waals surface area contributed by atoms with Crippen LogP contribution in [-0.4, -0.2) is 22.5 Å². The van der Waals surface area contributed by atoms with Gasteiger partial charge in [-0.15, -0.1) is 11.3 Å². The average molecular weight is 302 g/mol. The van der Waals surface area contributed by atoms with Crippen LogP contribution in [0.2, 0.25) is 0 Å². The Morgan fingerprint density at radius 2 is 2.38 bits per heavy atom. The van der Waals surface area contributed by atoms with Crippen molar-refractivity contribution in [2.24, 2.45) is 0 Å². The van der Waals surface area contributed by atoms with Crippen molar-refractivity contribution in [2.75, 3.05) is 6.61 Å². The molecule has 0 bridgehead atoms. The van der Waals surface area contributed by atoms with Crippen LogP contribution in [0.25, 0.3) is 10.6 Å². The molecule has 0 aromatic carbocycles. The molecule has 0 saturated carbocycles. The van der Waals surface area contributed by atoms with Gasteiger partial charge >= 0.3 is 5.97 Å². The molecule has 1 aliphatic carbocycles. The second-order valence-electron chi connectivity index (χ2n) is 5.21. The molecular weight excluding hydrogens is 284 g/mol. The maximum atomic E-state index is 12.1. The summed E-state index contributed by atoms with van der Waals surface area (Å²) in [4.78, 5) is 22.2. The van der Waals surface area contributed by atoms with E-state index in [9.17, 15) is 4.79 Å². The van der Waals surface area contributed by atoms with Gasteiger partial charge in [0, 0.05) is 22.8 Å². The molecule has 0 fully saturated rings. The number of aryl methyl sites for hydroxylation is 2. The second-order valence-corrected chi connectivity index (χ2v) is 6.30. The first kappa shape index (κ1) is 14.2. The molecule has 1 atom stereocenters. The number of ether oxygens (including phenoxy) is 1. The summed E-state index contributed by atoms with van der Waals surface area (Å²) in [5.74, 6) is -0.331. The lowest BCUT2D eigenvalue weighted by atomic mass is 9.91. The minimum absolute atomic E-state index is 0.137. The van der Waals surface area contributed by atoms with Gasteiger partial charge in [-0.3, -0.25) is 9.78 Å². The van der Waals surface area contributed by atoms with E-state index in [1.165, 1.54) is 4.88 Å².